The van der Waals surface area contributed by atoms with Crippen LogP contribution < -0.4 is 5.43 Å². The van der Waals surface area contributed by atoms with Crippen LogP contribution in [0.5, 0.6) is 0 Å². The van der Waals surface area contributed by atoms with Gasteiger partial charge in [0.2, 0.25) is 0 Å². The molecule has 2 fully saturated rings. The van der Waals surface area contributed by atoms with Crippen LogP contribution in [0.4, 0.5) is 11.4 Å². The molecular weight excluding hydrogens is 388 g/mol. The van der Waals surface area contributed by atoms with E-state index in [0.717, 1.165) is 6.20 Å². The molecule has 150 valence electrons. The van der Waals surface area contributed by atoms with Crippen molar-refractivity contribution in [1.82, 2.24) is 15.2 Å². The number of nitrogens with one attached hydrogen (secondary N) is 1. The number of carbonyl (C=O) groups excluding carboxylic acids is 1. The predicted octanol–water partition coefficient (Wildman–Crippen LogP) is 1.17. The zero-order chi connectivity index (χ0) is 20.5. The minimum Gasteiger partial charge on any atom is -0.344 e. The molecule has 0 aliphatic carbocycles. The highest BCUT2D eigenvalue weighted by Gasteiger charge is 2.43. The second-order valence-electron chi connectivity index (χ2n) is 6.37. The number of nitrogens with zero attached hydrogens (tertiary/aromatic N) is 5. The Bertz CT molecular complexity index is 1020. The van der Waals surface area contributed by atoms with Gasteiger partial charge in [-0.2, -0.15) is 10.2 Å². The van der Waals surface area contributed by atoms with Crippen molar-refractivity contribution in [2.24, 2.45) is 5.10 Å². The molecule has 4 rings (SSSR count). The largest absolute Gasteiger partial charge is 0.344 e. The van der Waals surface area contributed by atoms with Crippen molar-refractivity contribution in [2.75, 3.05) is 6.61 Å². The van der Waals surface area contributed by atoms with Gasteiger partial charge in [0.1, 0.15) is 24.1 Å². The second-order valence-corrected chi connectivity index (χ2v) is 6.37. The van der Waals surface area contributed by atoms with Gasteiger partial charge in [-0.05, 0) is 6.07 Å². The third kappa shape index (κ3) is 3.55. The Morgan fingerprint density at radius 1 is 1.28 bits per heavy atom. The van der Waals surface area contributed by atoms with E-state index in [4.69, 9.17) is 9.47 Å². The molecule has 0 unspecified atom stereocenters. The Hall–Kier alpha value is -3.71. The second kappa shape index (κ2) is 7.37. The summed E-state index contributed by atoms with van der Waals surface area (Å²) in [5.41, 5.74) is 1.99. The Balaban J connectivity index is 1.53. The zero-order valence-corrected chi connectivity index (χ0v) is 14.7. The van der Waals surface area contributed by atoms with Crippen molar-refractivity contribution >= 4 is 23.0 Å². The Morgan fingerprint density at radius 2 is 2.07 bits per heavy atom. The van der Waals surface area contributed by atoms with E-state index in [1.807, 2.05) is 0 Å². The van der Waals surface area contributed by atoms with Crippen molar-refractivity contribution in [3.05, 3.63) is 62.5 Å². The van der Waals surface area contributed by atoms with Crippen LogP contribution in [0, 0.1) is 20.2 Å². The molecule has 0 spiro atoms. The molecule has 2 bridgehead atoms. The fraction of sp³-hybridized carbons (Fsp3) is 0.312. The lowest BCUT2D eigenvalue weighted by molar-refractivity contribution is -0.385. The number of hydrazone groups is 1. The number of carbonyl (C=O) groups is 1. The average molecular weight is 402 g/mol. The Morgan fingerprint density at radius 3 is 2.79 bits per heavy atom. The number of amides is 1. The summed E-state index contributed by atoms with van der Waals surface area (Å²) in [4.78, 5) is 33.1. The molecule has 3 heterocycles. The van der Waals surface area contributed by atoms with Crippen LogP contribution >= 0.6 is 0 Å². The molecule has 0 radical (unpaired) electrons. The van der Waals surface area contributed by atoms with Gasteiger partial charge in [-0.3, -0.25) is 29.7 Å². The number of benzene rings is 1. The van der Waals surface area contributed by atoms with E-state index < -0.39 is 28.1 Å². The van der Waals surface area contributed by atoms with Crippen molar-refractivity contribution in [3.63, 3.8) is 0 Å². The lowest BCUT2D eigenvalue weighted by Gasteiger charge is -2.28. The summed E-state index contributed by atoms with van der Waals surface area (Å²) < 4.78 is 12.6. The summed E-state index contributed by atoms with van der Waals surface area (Å²) in [7, 11) is 0. The van der Waals surface area contributed by atoms with Gasteiger partial charge in [-0.25, -0.2) is 5.43 Å². The van der Waals surface area contributed by atoms with Gasteiger partial charge in [0.05, 0.1) is 28.2 Å². The number of hydrogen-bond donors (Lipinski definition) is 1. The quantitative estimate of drug-likeness (QED) is 0.575. The van der Waals surface area contributed by atoms with E-state index in [1.165, 1.54) is 35.1 Å². The highest BCUT2D eigenvalue weighted by molar-refractivity contribution is 5.99. The van der Waals surface area contributed by atoms with Crippen LogP contribution in [0.15, 0.2) is 41.8 Å². The smallest absolute Gasteiger partial charge is 0.307 e. The highest BCUT2D eigenvalue weighted by Crippen LogP contribution is 2.33. The molecule has 1 N–H and O–H groups in total. The number of fused-ring (bicyclic) bond motifs is 2. The molecule has 13 heteroatoms. The lowest BCUT2D eigenvalue weighted by Crippen LogP contribution is -2.38. The molecule has 29 heavy (non-hydrogen) atoms. The van der Waals surface area contributed by atoms with Crippen LogP contribution in [-0.4, -0.2) is 50.2 Å². The summed E-state index contributed by atoms with van der Waals surface area (Å²) in [5.74, 6) is -0.754. The fourth-order valence-electron chi connectivity index (χ4n) is 3.21. The number of ether oxygens (including phenoxy) is 2. The van der Waals surface area contributed by atoms with Gasteiger partial charge < -0.3 is 9.47 Å². The lowest BCUT2D eigenvalue weighted by atomic mass is 10.0. The maximum Gasteiger partial charge on any atom is 0.307 e. The van der Waals surface area contributed by atoms with Gasteiger partial charge in [0, 0.05) is 12.5 Å². The number of nitro groups is 2. The maximum atomic E-state index is 12.4. The highest BCUT2D eigenvalue weighted by atomic mass is 16.7. The Labute approximate surface area is 162 Å². The van der Waals surface area contributed by atoms with Gasteiger partial charge in [0.25, 0.3) is 11.6 Å². The molecule has 1 aromatic carbocycles. The third-order valence-corrected chi connectivity index (χ3v) is 4.61. The van der Waals surface area contributed by atoms with Crippen molar-refractivity contribution in [1.29, 1.82) is 0 Å². The molecule has 2 aromatic rings. The first kappa shape index (κ1) is 18.6. The van der Waals surface area contributed by atoms with E-state index >= 15 is 0 Å². The molecular formula is C16H14N6O7. The predicted molar refractivity (Wildman–Crippen MR) is 95.1 cm³/mol. The summed E-state index contributed by atoms with van der Waals surface area (Å²) in [5, 5.41) is 30.0. The average Bonchev–Trinajstić information content (AvgIpc) is 3.36. The van der Waals surface area contributed by atoms with Crippen LogP contribution in [0.2, 0.25) is 0 Å². The van der Waals surface area contributed by atoms with Crippen molar-refractivity contribution in [2.45, 2.75) is 24.9 Å². The number of hydrogen-bond acceptors (Lipinski definition) is 9. The molecule has 1 aromatic heterocycles. The third-order valence-electron chi connectivity index (χ3n) is 4.61. The number of aromatic nitrogens is 2. The monoisotopic (exact) mass is 402 g/mol. The van der Waals surface area contributed by atoms with Gasteiger partial charge in [-0.15, -0.1) is 0 Å². The van der Waals surface area contributed by atoms with Gasteiger partial charge in [-0.1, -0.05) is 12.1 Å². The maximum absolute atomic E-state index is 12.4. The Kier molecular flexibility index (Phi) is 4.74. The van der Waals surface area contributed by atoms with Crippen molar-refractivity contribution < 1.29 is 24.1 Å². The van der Waals surface area contributed by atoms with E-state index in [2.05, 4.69) is 15.6 Å². The van der Waals surface area contributed by atoms with Crippen LogP contribution in [0.1, 0.15) is 22.8 Å². The van der Waals surface area contributed by atoms with Crippen LogP contribution in [0.3, 0.4) is 0 Å². The van der Waals surface area contributed by atoms with E-state index in [0.29, 0.717) is 5.71 Å². The summed E-state index contributed by atoms with van der Waals surface area (Å²) in [6.07, 6.45) is 1.55. The number of rotatable bonds is 5. The van der Waals surface area contributed by atoms with Crippen LogP contribution in [0.25, 0.3) is 0 Å². The summed E-state index contributed by atoms with van der Waals surface area (Å²) in [6, 6.07) is 5.08. The standard InChI is InChI=1S/C16H14N6O7/c23-15(10-3-1-2-4-12(10)22(26)27)19-18-11-5-13(14-8-28-16(11)29-14)20-7-9(6-17-20)21(24)25/h1-4,6-7,13-14,16H,5,8H2,(H,19,23)/b18-11+/t13-,14-,16+/m0/s1. The first-order chi connectivity index (χ1) is 13.9. The topological polar surface area (TPSA) is 164 Å². The normalized spacial score (nSPS) is 24.4. The summed E-state index contributed by atoms with van der Waals surface area (Å²) in [6.45, 7) is 0.236. The first-order valence-electron chi connectivity index (χ1n) is 8.50. The summed E-state index contributed by atoms with van der Waals surface area (Å²) >= 11 is 0. The molecule has 2 aliphatic heterocycles. The van der Waals surface area contributed by atoms with Crippen molar-refractivity contribution in [3.8, 4) is 0 Å². The molecule has 1 amide bonds. The molecule has 13 nitrogen and oxygen atoms in total. The van der Waals surface area contributed by atoms with E-state index in [-0.39, 0.29) is 36.1 Å². The minimum absolute atomic E-state index is 0.136. The fourth-order valence-corrected chi connectivity index (χ4v) is 3.21. The molecule has 2 saturated heterocycles. The molecule has 3 atom stereocenters. The minimum atomic E-state index is -0.771. The number of para-hydroxylation sites is 1. The first-order valence-corrected chi connectivity index (χ1v) is 8.50. The SMILES string of the molecule is O=C(N/N=C1\C[C@H](n2cc([N+](=O)[O-])cn2)[C@@H]2CO[C@@H]1O2)c1ccccc1[N+](=O)[O-]. The zero-order valence-electron chi connectivity index (χ0n) is 14.7. The van der Waals surface area contributed by atoms with E-state index in [1.54, 1.807) is 0 Å². The van der Waals surface area contributed by atoms with Gasteiger partial charge in [0.15, 0.2) is 6.29 Å². The van der Waals surface area contributed by atoms with Crippen LogP contribution in [-0.2, 0) is 9.47 Å². The number of nitro benzene ring substituents is 1. The molecule has 0 saturated carbocycles. The molecule has 2 aliphatic rings. The van der Waals surface area contributed by atoms with E-state index in [9.17, 15) is 25.0 Å². The van der Waals surface area contributed by atoms with Gasteiger partial charge >= 0.3 is 5.69 Å².